The Morgan fingerprint density at radius 3 is 1.03 bits per heavy atom. The third-order valence-electron chi connectivity index (χ3n) is 25.8. The second-order valence-corrected chi connectivity index (χ2v) is 43.5. The third-order valence-corrected chi connectivity index (χ3v) is 35.3. The molecule has 0 aliphatic rings. The molecule has 0 amide bonds. The van der Waals surface area contributed by atoms with Gasteiger partial charge in [0, 0.05) is 192 Å². The molecule has 0 N–H and O–H groups in total. The highest BCUT2D eigenvalue weighted by Gasteiger charge is 2.23. The maximum Gasteiger partial charge on any atom is 0.159 e. The normalized spacial score (nSPS) is 11.5. The number of nitrogens with zero attached hydrogens (tertiary/aromatic N) is 14. The Balaban J connectivity index is 0.0000000911. The monoisotopic (exact) mass is 2000 g/mol. The van der Waals surface area contributed by atoms with Crippen molar-refractivity contribution in [3.05, 3.63) is 422 Å². The number of rotatable bonds is 3. The number of aromatic nitrogens is 14. The fraction of sp³-hybridized carbons (Fsp3) is 0.0656. The van der Waals surface area contributed by atoms with E-state index in [-0.39, 0.29) is 0 Å². The summed E-state index contributed by atoms with van der Waals surface area (Å²) in [5.41, 5.74) is 18.8. The van der Waals surface area contributed by atoms with E-state index in [1.165, 1.54) is 184 Å². The number of hydrogen-bond acceptors (Lipinski definition) is 20. The van der Waals surface area contributed by atoms with Crippen LogP contribution >= 0.6 is 90.7 Å². The summed E-state index contributed by atoms with van der Waals surface area (Å²) in [6, 6.07) is 115. The summed E-state index contributed by atoms with van der Waals surface area (Å²) in [7, 11) is 0. The summed E-state index contributed by atoms with van der Waals surface area (Å²) in [4.78, 5) is 59.8. The lowest BCUT2D eigenvalue weighted by molar-refractivity contribution is 1.02. The first kappa shape index (κ1) is 90.7. The van der Waals surface area contributed by atoms with Crippen molar-refractivity contribution >= 4 is 297 Å². The summed E-state index contributed by atoms with van der Waals surface area (Å²) in [5, 5.41) is 21.5. The van der Waals surface area contributed by atoms with Crippen molar-refractivity contribution in [3.63, 3.8) is 0 Å². The number of hydrogen-bond donors (Lipinski definition) is 0. The highest BCUT2D eigenvalue weighted by atomic mass is 32.1. The van der Waals surface area contributed by atoms with E-state index in [9.17, 15) is 0 Å². The highest BCUT2D eigenvalue weighted by molar-refractivity contribution is 7.28. The SMILES string of the molecule is Cc1cc2c(cn1)sc1ncccc12.Cc1cc2c(cn1)sc1ncccc12.Cc1cccc2c1sc1cccnc12.Cc1cccc2c1sc1ncccc12.Cc1cccc2c1sc1ncccc12.Cc1cccc2c1sc1ncccc12.Cc1nc(-c2ccc3c(c2)c2ccccc2n3-c2ccccc2)c2sc3ccccc3c2n1.Cc1nc(-n2c3ccccc3c3ccccc32)c2sc3ccccc3c2n1. The molecular weight excluding hydrogens is 1920 g/mol. The summed E-state index contributed by atoms with van der Waals surface area (Å²) >= 11 is 14.1. The molecule has 0 bridgehead atoms. The van der Waals surface area contributed by atoms with Gasteiger partial charge in [0.1, 0.15) is 35.8 Å². The molecule has 0 atom stereocenters. The van der Waals surface area contributed by atoms with E-state index in [0.29, 0.717) is 0 Å². The van der Waals surface area contributed by atoms with Crippen molar-refractivity contribution in [1.29, 1.82) is 0 Å². The molecule has 0 aliphatic carbocycles. The van der Waals surface area contributed by atoms with Crippen LogP contribution < -0.4 is 0 Å². The van der Waals surface area contributed by atoms with Gasteiger partial charge in [0.05, 0.1) is 67.8 Å². The quantitative estimate of drug-likeness (QED) is 0.165. The first-order valence-corrected chi connectivity index (χ1v) is 53.8. The molecule has 0 radical (unpaired) electrons. The van der Waals surface area contributed by atoms with Gasteiger partial charge >= 0.3 is 0 Å². The summed E-state index contributed by atoms with van der Waals surface area (Å²) in [6.07, 6.45) is 14.9. The Morgan fingerprint density at radius 2 is 0.549 bits per heavy atom. The molecule has 0 saturated heterocycles. The van der Waals surface area contributed by atoms with Crippen LogP contribution in [0.2, 0.25) is 0 Å². The lowest BCUT2D eigenvalue weighted by atomic mass is 10.1. The third kappa shape index (κ3) is 17.1. The summed E-state index contributed by atoms with van der Waals surface area (Å²) in [5.74, 6) is 2.56. The molecule has 20 heterocycles. The van der Waals surface area contributed by atoms with Gasteiger partial charge in [-0.05, 0) is 217 Å². The van der Waals surface area contributed by atoms with Gasteiger partial charge in [-0.25, -0.2) is 44.9 Å². The van der Waals surface area contributed by atoms with Crippen molar-refractivity contribution in [3.8, 4) is 22.8 Å². The fourth-order valence-corrected chi connectivity index (χ4v) is 27.9. The van der Waals surface area contributed by atoms with Gasteiger partial charge in [-0.1, -0.05) is 188 Å². The predicted octanol–water partition coefficient (Wildman–Crippen LogP) is 35.5. The molecule has 20 aromatic heterocycles. The zero-order chi connectivity index (χ0) is 97.2. The van der Waals surface area contributed by atoms with E-state index in [0.717, 1.165) is 90.2 Å². The minimum absolute atomic E-state index is 0.794. The zero-order valence-electron chi connectivity index (χ0n) is 79.3. The van der Waals surface area contributed by atoms with Crippen molar-refractivity contribution in [1.82, 2.24) is 68.9 Å². The van der Waals surface area contributed by atoms with Gasteiger partial charge in [-0.2, -0.15) is 0 Å². The maximum atomic E-state index is 4.91. The Kier molecular flexibility index (Phi) is 24.5. The van der Waals surface area contributed by atoms with Gasteiger partial charge < -0.3 is 4.57 Å². The zero-order valence-corrected chi connectivity index (χ0v) is 85.9. The Morgan fingerprint density at radius 1 is 0.201 bits per heavy atom. The molecule has 144 heavy (non-hydrogen) atoms. The molecule has 0 spiro atoms. The van der Waals surface area contributed by atoms with Gasteiger partial charge in [0.25, 0.3) is 0 Å². The van der Waals surface area contributed by atoms with E-state index >= 15 is 0 Å². The number of fused-ring (bicyclic) bond motifs is 30. The minimum atomic E-state index is 0.794. The molecule has 14 nitrogen and oxygen atoms in total. The fourth-order valence-electron chi connectivity index (χ4n) is 19.2. The first-order valence-electron chi connectivity index (χ1n) is 47.2. The topological polar surface area (TPSA) is 165 Å². The number of benzene rings is 11. The van der Waals surface area contributed by atoms with Crippen molar-refractivity contribution in [2.24, 2.45) is 0 Å². The lowest BCUT2D eigenvalue weighted by Gasteiger charge is -2.08. The van der Waals surface area contributed by atoms with Crippen LogP contribution in [0.25, 0.3) is 229 Å². The largest absolute Gasteiger partial charge is 0.309 e. The molecule has 0 aliphatic heterocycles. The van der Waals surface area contributed by atoms with E-state index < -0.39 is 0 Å². The van der Waals surface area contributed by atoms with Crippen molar-refractivity contribution < 1.29 is 0 Å². The van der Waals surface area contributed by atoms with E-state index in [4.69, 9.17) is 19.9 Å². The van der Waals surface area contributed by atoms with Gasteiger partial charge in [0.2, 0.25) is 0 Å². The van der Waals surface area contributed by atoms with Crippen LogP contribution in [-0.2, 0) is 0 Å². The van der Waals surface area contributed by atoms with Crippen LogP contribution in [0, 0.1) is 55.4 Å². The predicted molar refractivity (Wildman–Crippen MR) is 620 cm³/mol. The Hall–Kier alpha value is -15.9. The number of para-hydroxylation sites is 4. The molecule has 11 aromatic carbocycles. The van der Waals surface area contributed by atoms with Crippen molar-refractivity contribution in [2.75, 3.05) is 0 Å². The number of pyridine rings is 8. The maximum absolute atomic E-state index is 4.91. The molecule has 0 fully saturated rings. The Labute approximate surface area is 858 Å². The standard InChI is InChI=1S/C29H19N3S.C23H15N3S.4C12H9NS.2C11H8N2S/c1-18-30-27(29-28(31-18)22-12-6-8-14-26(22)33-29)19-15-16-25-23(17-19)21-11-5-7-13-24(21)32(25)20-9-3-2-4-10-20;1-14-24-21-17-10-4-7-13-20(17)27-22(21)23(25-14)26-18-11-5-2-8-15(18)16-9-3-6-12-19(16)26;1-8-4-2-5-9-11-10(14-12(8)9)6-3-7-13-11;3*1-8-4-2-5-9-10-6-3-7-13-12(10)14-11(8)9;2*1-7-5-9-8-3-2-4-12-11(8)14-10(9)6-13-7/h2-17H,1H3;2-13H,1H3;4*2-7H,1H3;2*2-6H,1H3. The summed E-state index contributed by atoms with van der Waals surface area (Å²) < 4.78 is 18.5. The first-order chi connectivity index (χ1) is 70.7. The van der Waals surface area contributed by atoms with Crippen LogP contribution in [-0.4, -0.2) is 68.9 Å². The second kappa shape index (κ2) is 38.9. The average Bonchev–Trinajstić information content (AvgIpc) is 1.56. The van der Waals surface area contributed by atoms with Gasteiger partial charge in [-0.15, -0.1) is 90.7 Å². The van der Waals surface area contributed by atoms with Crippen LogP contribution in [0.5, 0.6) is 0 Å². The highest BCUT2D eigenvalue weighted by Crippen LogP contribution is 2.46. The van der Waals surface area contributed by atoms with E-state index in [2.05, 4.69) is 368 Å². The average molecular weight is 2000 g/mol. The Bertz CT molecular complexity index is 9730. The van der Waals surface area contributed by atoms with E-state index in [1.54, 1.807) is 79.4 Å². The molecule has 0 unspecified atom stereocenters. The van der Waals surface area contributed by atoms with Crippen LogP contribution in [0.4, 0.5) is 0 Å². The van der Waals surface area contributed by atoms with Crippen LogP contribution in [0.15, 0.2) is 377 Å². The van der Waals surface area contributed by atoms with Crippen molar-refractivity contribution in [2.45, 2.75) is 55.4 Å². The lowest BCUT2D eigenvalue weighted by Crippen LogP contribution is -2.00. The molecule has 31 aromatic rings. The molecule has 22 heteroatoms. The van der Waals surface area contributed by atoms with Crippen LogP contribution in [0.3, 0.4) is 0 Å². The molecular formula is C122H86N14S8. The van der Waals surface area contributed by atoms with Crippen LogP contribution in [0.1, 0.15) is 45.3 Å². The summed E-state index contributed by atoms with van der Waals surface area (Å²) in [6.45, 7) is 16.6. The minimum Gasteiger partial charge on any atom is -0.309 e. The molecule has 692 valence electrons. The molecule has 0 saturated carbocycles. The van der Waals surface area contributed by atoms with Gasteiger partial charge in [-0.3, -0.25) is 19.5 Å². The smallest absolute Gasteiger partial charge is 0.159 e. The van der Waals surface area contributed by atoms with Gasteiger partial charge in [0.15, 0.2) is 5.82 Å². The second-order valence-electron chi connectivity index (χ2n) is 35.2. The number of thiophene rings is 8. The number of aryl methyl sites for hydroxylation is 8. The molecule has 31 rings (SSSR count). The van der Waals surface area contributed by atoms with E-state index in [1.807, 2.05) is 125 Å².